The molecule has 9 nitrogen and oxygen atoms in total. The number of carboxylic acids is 1. The minimum atomic E-state index is -1.76. The first-order chi connectivity index (χ1) is 20.5. The second-order valence-corrected chi connectivity index (χ2v) is 12.0. The van der Waals surface area contributed by atoms with Gasteiger partial charge in [-0.3, -0.25) is 0 Å². The van der Waals surface area contributed by atoms with Gasteiger partial charge in [0.1, 0.15) is 17.4 Å². The molecule has 10 heteroatoms. The SMILES string of the molecule is Cc1cc(F)c2c(c1)OC(C)CCCOC1(C)CCN(CC1)c1c(C(O)C(=O)O)c(C)nc3cc(nn13)-c1cccc-2c1. The Balaban J connectivity index is 1.55. The predicted molar refractivity (Wildman–Crippen MR) is 161 cm³/mol. The molecule has 5 heterocycles. The summed E-state index contributed by atoms with van der Waals surface area (Å²) in [5, 5.41) is 25.5. The maximum Gasteiger partial charge on any atom is 0.337 e. The number of aliphatic carboxylic acids is 1. The zero-order valence-corrected chi connectivity index (χ0v) is 24.9. The summed E-state index contributed by atoms with van der Waals surface area (Å²) in [6.45, 7) is 9.39. The molecule has 0 radical (unpaired) electrons. The second-order valence-electron chi connectivity index (χ2n) is 12.0. The Labute approximate surface area is 249 Å². The number of piperidine rings is 1. The van der Waals surface area contributed by atoms with Gasteiger partial charge in [0, 0.05) is 37.0 Å². The third-order valence-corrected chi connectivity index (χ3v) is 8.61. The molecule has 0 amide bonds. The van der Waals surface area contributed by atoms with Gasteiger partial charge in [-0.05, 0) is 82.7 Å². The van der Waals surface area contributed by atoms with Crippen LogP contribution in [0.4, 0.5) is 10.2 Å². The van der Waals surface area contributed by atoms with Crippen LogP contribution < -0.4 is 9.64 Å². The highest BCUT2D eigenvalue weighted by molar-refractivity contribution is 5.80. The molecule has 3 aliphatic rings. The summed E-state index contributed by atoms with van der Waals surface area (Å²) >= 11 is 0. The van der Waals surface area contributed by atoms with E-state index in [1.807, 2.05) is 50.2 Å². The van der Waals surface area contributed by atoms with Gasteiger partial charge in [0.2, 0.25) is 0 Å². The van der Waals surface area contributed by atoms with Crippen LogP contribution in [0.2, 0.25) is 0 Å². The molecule has 4 aromatic rings. The Morgan fingerprint density at radius 3 is 2.63 bits per heavy atom. The Hall–Kier alpha value is -4.02. The standard InChI is InChI=1S/C33H37FN4O5/c1-19-15-24(34)29-23-9-5-8-22(17-23)25-18-27-35-21(3)28(30(39)32(40)41)31(38(27)36-25)37-12-10-33(4,11-13-37)42-14-6-7-20(2)43-26(29)16-19/h5,8-9,15-18,20,30,39H,6-7,10-14H2,1-4H3,(H,40,41). The molecule has 43 heavy (non-hydrogen) atoms. The van der Waals surface area contributed by atoms with Crippen LogP contribution in [0.15, 0.2) is 42.5 Å². The second kappa shape index (κ2) is 11.2. The van der Waals surface area contributed by atoms with E-state index in [0.717, 1.165) is 24.0 Å². The summed E-state index contributed by atoms with van der Waals surface area (Å²) in [7, 11) is 0. The van der Waals surface area contributed by atoms with Crippen molar-refractivity contribution in [1.29, 1.82) is 0 Å². The zero-order valence-electron chi connectivity index (χ0n) is 24.9. The third kappa shape index (κ3) is 5.57. The van der Waals surface area contributed by atoms with Crippen molar-refractivity contribution >= 4 is 17.4 Å². The number of hydrogen-bond acceptors (Lipinski definition) is 7. The quantitative estimate of drug-likeness (QED) is 0.299. The van der Waals surface area contributed by atoms with E-state index in [0.29, 0.717) is 72.3 Å². The van der Waals surface area contributed by atoms with Crippen molar-refractivity contribution in [3.05, 3.63) is 65.1 Å². The zero-order chi connectivity index (χ0) is 30.5. The van der Waals surface area contributed by atoms with Crippen molar-refractivity contribution in [3.63, 3.8) is 0 Å². The van der Waals surface area contributed by atoms with Gasteiger partial charge < -0.3 is 24.6 Å². The largest absolute Gasteiger partial charge is 0.490 e. The molecule has 7 rings (SSSR count). The minimum absolute atomic E-state index is 0.146. The minimum Gasteiger partial charge on any atom is -0.490 e. The number of carboxylic acid groups (broad SMARTS) is 1. The first-order valence-corrected chi connectivity index (χ1v) is 14.8. The number of aliphatic hydroxyl groups excluding tert-OH is 1. The van der Waals surface area contributed by atoms with E-state index in [2.05, 4.69) is 16.8 Å². The maximum atomic E-state index is 15.6. The van der Waals surface area contributed by atoms with Gasteiger partial charge in [-0.2, -0.15) is 9.61 Å². The summed E-state index contributed by atoms with van der Waals surface area (Å²) in [6, 6.07) is 12.7. The highest BCUT2D eigenvalue weighted by atomic mass is 19.1. The molecule has 0 aliphatic carbocycles. The van der Waals surface area contributed by atoms with Crippen molar-refractivity contribution in [2.75, 3.05) is 24.6 Å². The Bertz CT molecular complexity index is 1690. The van der Waals surface area contributed by atoms with Crippen LogP contribution in [-0.2, 0) is 9.53 Å². The van der Waals surface area contributed by atoms with Crippen LogP contribution in [0.25, 0.3) is 28.0 Å². The summed E-state index contributed by atoms with van der Waals surface area (Å²) in [4.78, 5) is 18.7. The molecular formula is C33H37FN4O5. The summed E-state index contributed by atoms with van der Waals surface area (Å²) in [5.41, 5.74) is 3.94. The maximum absolute atomic E-state index is 15.6. The molecule has 2 unspecified atom stereocenters. The number of aryl methyl sites for hydroxylation is 2. The van der Waals surface area contributed by atoms with Crippen molar-refractivity contribution in [2.24, 2.45) is 0 Å². The molecule has 0 saturated carbocycles. The van der Waals surface area contributed by atoms with Crippen LogP contribution in [0.5, 0.6) is 5.75 Å². The van der Waals surface area contributed by atoms with Gasteiger partial charge in [0.05, 0.1) is 28.5 Å². The van der Waals surface area contributed by atoms with Gasteiger partial charge >= 0.3 is 5.97 Å². The molecular weight excluding hydrogens is 551 g/mol. The summed E-state index contributed by atoms with van der Waals surface area (Å²) < 4.78 is 29.9. The van der Waals surface area contributed by atoms with Crippen LogP contribution in [0, 0.1) is 19.7 Å². The normalized spacial score (nSPS) is 21.5. The number of aromatic nitrogens is 3. The average molecular weight is 589 g/mol. The van der Waals surface area contributed by atoms with Gasteiger partial charge in [0.15, 0.2) is 11.8 Å². The molecule has 0 spiro atoms. The van der Waals surface area contributed by atoms with Crippen molar-refractivity contribution < 1.29 is 28.9 Å². The van der Waals surface area contributed by atoms with Crippen LogP contribution in [0.3, 0.4) is 0 Å². The first kappa shape index (κ1) is 29.1. The first-order valence-electron chi connectivity index (χ1n) is 14.8. The molecule has 1 fully saturated rings. The number of fused-ring (bicyclic) bond motifs is 7. The van der Waals surface area contributed by atoms with Crippen molar-refractivity contribution in [2.45, 2.75) is 71.2 Å². The van der Waals surface area contributed by atoms with Crippen LogP contribution in [0.1, 0.15) is 62.5 Å². The molecule has 2 aromatic heterocycles. The van der Waals surface area contributed by atoms with Crippen molar-refractivity contribution in [3.8, 4) is 28.1 Å². The van der Waals surface area contributed by atoms with Gasteiger partial charge in [0.25, 0.3) is 0 Å². The summed E-state index contributed by atoms with van der Waals surface area (Å²) in [6.07, 6.45) is 1.05. The van der Waals surface area contributed by atoms with Gasteiger partial charge in [-0.15, -0.1) is 0 Å². The van der Waals surface area contributed by atoms with Crippen LogP contribution in [-0.4, -0.2) is 62.2 Å². The fraction of sp³-hybridized carbons (Fsp3) is 0.424. The highest BCUT2D eigenvalue weighted by Crippen LogP contribution is 2.39. The number of aliphatic hydroxyl groups is 1. The lowest BCUT2D eigenvalue weighted by atomic mass is 9.92. The molecule has 3 aliphatic heterocycles. The van der Waals surface area contributed by atoms with E-state index >= 15 is 4.39 Å². The number of benzene rings is 2. The number of carbonyl (C=O) groups is 1. The highest BCUT2D eigenvalue weighted by Gasteiger charge is 2.35. The molecule has 2 atom stereocenters. The number of nitrogens with zero attached hydrogens (tertiary/aromatic N) is 4. The van der Waals surface area contributed by atoms with Crippen molar-refractivity contribution in [1.82, 2.24) is 14.6 Å². The van der Waals surface area contributed by atoms with Gasteiger partial charge in [-0.25, -0.2) is 14.2 Å². The molecule has 226 valence electrons. The number of halogens is 1. The molecule has 6 bridgehead atoms. The number of hydrogen-bond donors (Lipinski definition) is 2. The van der Waals surface area contributed by atoms with E-state index in [1.54, 1.807) is 11.4 Å². The fourth-order valence-electron chi connectivity index (χ4n) is 6.22. The van der Waals surface area contributed by atoms with E-state index in [9.17, 15) is 15.0 Å². The predicted octanol–water partition coefficient (Wildman–Crippen LogP) is 5.87. The fourth-order valence-corrected chi connectivity index (χ4v) is 6.22. The van der Waals surface area contributed by atoms with E-state index in [-0.39, 0.29) is 23.1 Å². The number of anilines is 1. The molecule has 2 N–H and O–H groups in total. The monoisotopic (exact) mass is 588 g/mol. The number of rotatable bonds is 2. The van der Waals surface area contributed by atoms with E-state index in [1.165, 1.54) is 6.07 Å². The van der Waals surface area contributed by atoms with E-state index < -0.39 is 12.1 Å². The van der Waals surface area contributed by atoms with Crippen LogP contribution >= 0.6 is 0 Å². The van der Waals surface area contributed by atoms with E-state index in [4.69, 9.17) is 14.6 Å². The Morgan fingerprint density at radius 1 is 1.14 bits per heavy atom. The lowest BCUT2D eigenvalue weighted by Gasteiger charge is -2.41. The molecule has 1 saturated heterocycles. The molecule has 2 aromatic carbocycles. The average Bonchev–Trinajstić information content (AvgIpc) is 3.38. The Kier molecular flexibility index (Phi) is 7.60. The Morgan fingerprint density at radius 2 is 1.88 bits per heavy atom. The smallest absolute Gasteiger partial charge is 0.337 e. The summed E-state index contributed by atoms with van der Waals surface area (Å²) in [5.74, 6) is -0.725. The lowest BCUT2D eigenvalue weighted by Crippen LogP contribution is -2.45. The third-order valence-electron chi connectivity index (χ3n) is 8.61. The van der Waals surface area contributed by atoms with Gasteiger partial charge in [-0.1, -0.05) is 18.2 Å². The number of ether oxygens (including phenoxy) is 2. The topological polar surface area (TPSA) is 109 Å². The lowest BCUT2D eigenvalue weighted by molar-refractivity contribution is -0.147.